The molecule has 0 aliphatic rings. The number of amides is 1. The molecule has 3 heterocycles. The molecule has 226 valence electrons. The molecule has 0 bridgehead atoms. The van der Waals surface area contributed by atoms with Crippen LogP contribution < -0.4 is 15.6 Å². The van der Waals surface area contributed by atoms with Gasteiger partial charge in [0.25, 0.3) is 11.5 Å². The van der Waals surface area contributed by atoms with Gasteiger partial charge in [-0.3, -0.25) is 19.3 Å². The van der Waals surface area contributed by atoms with E-state index >= 15 is 0 Å². The van der Waals surface area contributed by atoms with Gasteiger partial charge in [0.2, 0.25) is 8.32 Å². The van der Waals surface area contributed by atoms with Crippen molar-refractivity contribution in [1.29, 1.82) is 0 Å². The summed E-state index contributed by atoms with van der Waals surface area (Å²) in [6.07, 6.45) is 5.05. The molecular weight excluding hydrogens is 574 g/mol. The fraction of sp³-hybridized carbons (Fsp3) is 0.212. The van der Waals surface area contributed by atoms with Crippen LogP contribution in [-0.2, 0) is 6.54 Å². The van der Waals surface area contributed by atoms with Crippen molar-refractivity contribution in [3.05, 3.63) is 112 Å². The minimum atomic E-state index is -2.32. The van der Waals surface area contributed by atoms with E-state index < -0.39 is 25.4 Å². The lowest BCUT2D eigenvalue weighted by atomic mass is 10.1. The Morgan fingerprint density at radius 3 is 2.48 bits per heavy atom. The Kier molecular flexibility index (Phi) is 8.37. The Balaban J connectivity index is 1.36. The highest BCUT2D eigenvalue weighted by Crippen LogP contribution is 2.30. The highest BCUT2D eigenvalue weighted by molar-refractivity contribution is 6.75. The zero-order valence-electron chi connectivity index (χ0n) is 25.3. The summed E-state index contributed by atoms with van der Waals surface area (Å²) in [5, 5.41) is 14.0. The zero-order chi connectivity index (χ0) is 31.6. The second-order valence-electron chi connectivity index (χ2n) is 11.8. The average molecular weight is 610 g/mol. The second kappa shape index (κ2) is 12.0. The third-order valence-electron chi connectivity index (χ3n) is 6.78. The van der Waals surface area contributed by atoms with E-state index in [1.54, 1.807) is 74.1 Å². The highest BCUT2D eigenvalue weighted by Gasteiger charge is 2.27. The van der Waals surface area contributed by atoms with Crippen LogP contribution in [0.25, 0.3) is 22.7 Å². The molecule has 5 rings (SSSR count). The number of nitrogens with zero attached hydrogens (tertiary/aromatic N) is 4. The first-order chi connectivity index (χ1) is 20.8. The number of aromatic nitrogens is 4. The van der Waals surface area contributed by atoms with Crippen LogP contribution in [-0.4, -0.2) is 49.1 Å². The van der Waals surface area contributed by atoms with Gasteiger partial charge in [-0.05, 0) is 81.9 Å². The van der Waals surface area contributed by atoms with Gasteiger partial charge in [-0.15, -0.1) is 0 Å². The number of benzene rings is 2. The lowest BCUT2D eigenvalue weighted by molar-refractivity contribution is 0.0546. The molecule has 2 aromatic carbocycles. The van der Waals surface area contributed by atoms with Gasteiger partial charge in [-0.2, -0.15) is 0 Å². The van der Waals surface area contributed by atoms with Gasteiger partial charge in [0.15, 0.2) is 0 Å². The Morgan fingerprint density at radius 1 is 1.07 bits per heavy atom. The Bertz CT molecular complexity index is 1900. The first-order valence-electron chi connectivity index (χ1n) is 14.1. The Hall–Kier alpha value is -4.84. The van der Waals surface area contributed by atoms with Gasteiger partial charge in [0.05, 0.1) is 35.2 Å². The summed E-state index contributed by atoms with van der Waals surface area (Å²) in [7, 11) is -2.32. The van der Waals surface area contributed by atoms with Crippen LogP contribution in [0, 0.1) is 6.92 Å². The first-order valence-corrected chi connectivity index (χ1v) is 17.2. The number of hydrogen-bond donors (Lipinski definition) is 3. The van der Waals surface area contributed by atoms with Crippen molar-refractivity contribution >= 4 is 37.0 Å². The van der Waals surface area contributed by atoms with Crippen LogP contribution in [0.15, 0.2) is 89.6 Å². The summed E-state index contributed by atoms with van der Waals surface area (Å²) in [4.78, 5) is 45.8. The third kappa shape index (κ3) is 7.02. The number of pyridine rings is 2. The zero-order valence-corrected chi connectivity index (χ0v) is 26.3. The van der Waals surface area contributed by atoms with Crippen LogP contribution in [0.4, 0.5) is 5.82 Å². The van der Waals surface area contributed by atoms with Crippen molar-refractivity contribution in [2.75, 3.05) is 5.32 Å². The largest absolute Gasteiger partial charge is 0.455 e. The normalized spacial score (nSPS) is 12.2. The van der Waals surface area contributed by atoms with E-state index in [4.69, 9.17) is 4.74 Å². The molecule has 0 atom stereocenters. The SMILES string of the molecule is Cc1c(C(=O)Nc2ccc(Oc3ccnc4cc(/C=C/[Si](C)(C)O)ccc34)cn2)c(=O)n(-c2ccccc2)n1CC(C)(C)O. The van der Waals surface area contributed by atoms with E-state index in [9.17, 15) is 19.5 Å². The summed E-state index contributed by atoms with van der Waals surface area (Å²) >= 11 is 0. The van der Waals surface area contributed by atoms with Crippen LogP contribution in [0.3, 0.4) is 0 Å². The van der Waals surface area contributed by atoms with Crippen molar-refractivity contribution in [2.24, 2.45) is 0 Å². The number of aliphatic hydroxyl groups is 1. The maximum atomic E-state index is 13.5. The van der Waals surface area contributed by atoms with E-state index in [1.165, 1.54) is 10.9 Å². The number of ether oxygens (including phenoxy) is 1. The quantitative estimate of drug-likeness (QED) is 0.189. The van der Waals surface area contributed by atoms with Gasteiger partial charge in [0, 0.05) is 11.6 Å². The maximum Gasteiger partial charge on any atom is 0.284 e. The predicted octanol–water partition coefficient (Wildman–Crippen LogP) is 5.46. The van der Waals surface area contributed by atoms with E-state index in [-0.39, 0.29) is 17.9 Å². The number of rotatable bonds is 9. The van der Waals surface area contributed by atoms with E-state index in [0.29, 0.717) is 22.9 Å². The van der Waals surface area contributed by atoms with Gasteiger partial charge in [-0.1, -0.05) is 36.0 Å². The monoisotopic (exact) mass is 609 g/mol. The van der Waals surface area contributed by atoms with E-state index in [2.05, 4.69) is 15.3 Å². The summed E-state index contributed by atoms with van der Waals surface area (Å²) in [5.41, 5.74) is 2.86. The molecule has 44 heavy (non-hydrogen) atoms. The molecule has 1 amide bonds. The topological polar surface area (TPSA) is 132 Å². The standard InChI is InChI=1S/C33H35N5O5Si/c1-22-30(32(40)38(24-9-7-6-8-10-24)37(22)21-33(2,3)41)31(39)36-29-14-12-25(20-35-29)43-28-15-17-34-27-19-23(11-13-26(27)28)16-18-44(4,5)42/h6-20,41-42H,21H2,1-5H3,(H,35,36,39)/b18-16+. The minimum Gasteiger partial charge on any atom is -0.455 e. The number of anilines is 1. The molecule has 0 spiro atoms. The first kappa shape index (κ1) is 30.6. The maximum absolute atomic E-state index is 13.5. The molecule has 0 aliphatic heterocycles. The summed E-state index contributed by atoms with van der Waals surface area (Å²) in [6, 6.07) is 19.8. The number of carbonyl (C=O) groups excluding carboxylic acids is 1. The van der Waals surface area contributed by atoms with Crippen molar-refractivity contribution in [1.82, 2.24) is 19.3 Å². The molecule has 0 radical (unpaired) electrons. The van der Waals surface area contributed by atoms with Crippen LogP contribution in [0.2, 0.25) is 13.1 Å². The fourth-order valence-electron chi connectivity index (χ4n) is 4.74. The van der Waals surface area contributed by atoms with Gasteiger partial charge < -0.3 is 20.0 Å². The van der Waals surface area contributed by atoms with E-state index in [0.717, 1.165) is 16.5 Å². The molecule has 0 saturated heterocycles. The summed E-state index contributed by atoms with van der Waals surface area (Å²) in [5.74, 6) is 0.678. The lowest BCUT2D eigenvalue weighted by Gasteiger charge is -2.22. The van der Waals surface area contributed by atoms with Gasteiger partial charge in [-0.25, -0.2) is 9.67 Å². The van der Waals surface area contributed by atoms with Crippen LogP contribution >= 0.6 is 0 Å². The van der Waals surface area contributed by atoms with E-state index in [1.807, 2.05) is 49.1 Å². The molecular formula is C33H35N5O5Si. The third-order valence-corrected chi connectivity index (χ3v) is 7.76. The van der Waals surface area contributed by atoms with Crippen molar-refractivity contribution in [3.63, 3.8) is 0 Å². The van der Waals surface area contributed by atoms with Crippen LogP contribution in [0.5, 0.6) is 11.5 Å². The Labute approximate surface area is 256 Å². The van der Waals surface area contributed by atoms with Crippen molar-refractivity contribution < 1.29 is 19.4 Å². The van der Waals surface area contributed by atoms with Crippen LogP contribution in [0.1, 0.15) is 35.5 Å². The molecule has 3 N–H and O–H groups in total. The number of fused-ring (bicyclic) bond motifs is 1. The average Bonchev–Trinajstić information content (AvgIpc) is 3.20. The number of para-hydroxylation sites is 1. The molecule has 10 nitrogen and oxygen atoms in total. The number of hydrogen-bond acceptors (Lipinski definition) is 7. The minimum absolute atomic E-state index is 0.0393. The smallest absolute Gasteiger partial charge is 0.284 e. The van der Waals surface area contributed by atoms with Gasteiger partial charge in [0.1, 0.15) is 22.9 Å². The molecule has 0 saturated carbocycles. The predicted molar refractivity (Wildman–Crippen MR) is 174 cm³/mol. The summed E-state index contributed by atoms with van der Waals surface area (Å²) in [6.45, 7) is 8.76. The van der Waals surface area contributed by atoms with Crippen molar-refractivity contribution in [2.45, 2.75) is 46.0 Å². The highest BCUT2D eigenvalue weighted by atomic mass is 28.4. The number of carbonyl (C=O) groups is 1. The summed E-state index contributed by atoms with van der Waals surface area (Å²) < 4.78 is 9.11. The molecule has 11 heteroatoms. The van der Waals surface area contributed by atoms with Crippen molar-refractivity contribution in [3.8, 4) is 17.2 Å². The van der Waals surface area contributed by atoms with Gasteiger partial charge >= 0.3 is 0 Å². The number of nitrogens with one attached hydrogen (secondary N) is 1. The Morgan fingerprint density at radius 2 is 1.82 bits per heavy atom. The fourth-order valence-corrected chi connectivity index (χ4v) is 5.34. The molecule has 0 fully saturated rings. The molecule has 5 aromatic rings. The lowest BCUT2D eigenvalue weighted by Crippen LogP contribution is -2.32. The molecule has 0 unspecified atom stereocenters. The molecule has 0 aliphatic carbocycles. The molecule has 3 aromatic heterocycles. The second-order valence-corrected chi connectivity index (χ2v) is 15.4.